The smallest absolute Gasteiger partial charge is 0.391 e. The first kappa shape index (κ1) is 37.3. The fourth-order valence-corrected chi connectivity index (χ4v) is 8.99. The highest BCUT2D eigenvalue weighted by atomic mass is 32.2. The van der Waals surface area contributed by atoms with Crippen LogP contribution in [-0.4, -0.2) is 112 Å². The molecule has 1 amide bonds. The molecular weight excluding hydrogens is 706 g/mol. The molecule has 1 unspecified atom stereocenters. The number of alkyl halides is 3. The minimum absolute atomic E-state index is 0.0122. The Balaban J connectivity index is 1.21. The molecule has 0 saturated carbocycles. The SMILES string of the molecule is CS(=O)(=O)N1CCc2c(c(-c3ccc(C(F)(F)F)c(SCC(=O)N4CC[C@@H](O)C4)c3)nn2CC(O)CN2CCC(c3ccc(C#N)cc3)CC2)C1. The fourth-order valence-electron chi connectivity index (χ4n) is 7.19. The first-order chi connectivity index (χ1) is 24.2. The van der Waals surface area contributed by atoms with Gasteiger partial charge in [-0.15, -0.1) is 11.8 Å². The van der Waals surface area contributed by atoms with Crippen molar-refractivity contribution in [1.82, 2.24) is 23.9 Å². The van der Waals surface area contributed by atoms with E-state index in [1.54, 1.807) is 4.68 Å². The third-order valence-corrected chi connectivity index (χ3v) is 12.2. The second-order valence-electron chi connectivity index (χ2n) is 13.5. The lowest BCUT2D eigenvalue weighted by Gasteiger charge is -2.33. The van der Waals surface area contributed by atoms with Crippen molar-refractivity contribution in [3.63, 3.8) is 0 Å². The Morgan fingerprint density at radius 3 is 2.43 bits per heavy atom. The maximum Gasteiger partial charge on any atom is 0.417 e. The number of benzene rings is 2. The standard InChI is InChI=1S/C35H41F3N6O5S2/c1-51(48,49)43-15-11-31-29(21-43)34(26-6-7-30(35(36,37)38)32(16-26)50-22-33(47)42-14-10-27(45)19-42)40-44(31)20-28(46)18-41-12-8-25(9-13-41)24-4-2-23(17-39)3-5-24/h2-7,16,25,27-28,45-46H,8-15,18-22H2,1H3/t27-,28?/m1/s1. The van der Waals surface area contributed by atoms with Crippen molar-refractivity contribution in [2.45, 2.75) is 68.0 Å². The Morgan fingerprint density at radius 1 is 1.08 bits per heavy atom. The topological polar surface area (TPSA) is 143 Å². The number of β-amino-alcohol motifs (C(OH)–C–C–N with tert-alkyl or cyclic N) is 2. The molecule has 4 heterocycles. The number of fused-ring (bicyclic) bond motifs is 1. The molecule has 0 aliphatic carbocycles. The molecule has 2 saturated heterocycles. The maximum absolute atomic E-state index is 14.1. The minimum atomic E-state index is -4.68. The van der Waals surface area contributed by atoms with Gasteiger partial charge in [0.1, 0.15) is 0 Å². The number of nitrogens with zero attached hydrogens (tertiary/aromatic N) is 6. The molecule has 16 heteroatoms. The number of aromatic nitrogens is 2. The van der Waals surface area contributed by atoms with Gasteiger partial charge < -0.3 is 20.0 Å². The van der Waals surface area contributed by atoms with Crippen LogP contribution in [0.5, 0.6) is 0 Å². The summed E-state index contributed by atoms with van der Waals surface area (Å²) in [7, 11) is -3.58. The van der Waals surface area contributed by atoms with E-state index in [0.29, 0.717) is 54.2 Å². The van der Waals surface area contributed by atoms with Crippen LogP contribution in [0.4, 0.5) is 13.2 Å². The van der Waals surface area contributed by atoms with Crippen LogP contribution in [0.2, 0.25) is 0 Å². The molecular formula is C35H41F3N6O5S2. The summed E-state index contributed by atoms with van der Waals surface area (Å²) in [5, 5.41) is 34.9. The monoisotopic (exact) mass is 746 g/mol. The summed E-state index contributed by atoms with van der Waals surface area (Å²) in [6.07, 6.45) is -2.48. The summed E-state index contributed by atoms with van der Waals surface area (Å²) >= 11 is 0.766. The number of sulfonamides is 1. The molecule has 6 rings (SSSR count). The average molecular weight is 747 g/mol. The predicted molar refractivity (Wildman–Crippen MR) is 185 cm³/mol. The molecule has 3 aliphatic rings. The van der Waals surface area contributed by atoms with Gasteiger partial charge in [-0.05, 0) is 68.1 Å². The number of rotatable bonds is 10. The zero-order chi connectivity index (χ0) is 36.5. The quantitative estimate of drug-likeness (QED) is 0.297. The van der Waals surface area contributed by atoms with Crippen LogP contribution in [-0.2, 0) is 40.5 Å². The number of aliphatic hydroxyl groups is 2. The molecule has 274 valence electrons. The Bertz CT molecular complexity index is 1890. The lowest BCUT2D eigenvalue weighted by atomic mass is 9.89. The molecule has 0 spiro atoms. The Labute approximate surface area is 299 Å². The number of halogens is 3. The van der Waals surface area contributed by atoms with Crippen molar-refractivity contribution >= 4 is 27.7 Å². The van der Waals surface area contributed by atoms with Gasteiger partial charge in [0.25, 0.3) is 0 Å². The number of hydrogen-bond donors (Lipinski definition) is 2. The molecule has 3 aromatic rings. The zero-order valence-electron chi connectivity index (χ0n) is 28.2. The highest BCUT2D eigenvalue weighted by Crippen LogP contribution is 2.40. The molecule has 3 aliphatic heterocycles. The van der Waals surface area contributed by atoms with E-state index >= 15 is 0 Å². The van der Waals surface area contributed by atoms with E-state index < -0.39 is 34.0 Å². The van der Waals surface area contributed by atoms with Crippen LogP contribution in [0.1, 0.15) is 53.1 Å². The van der Waals surface area contributed by atoms with Crippen LogP contribution in [0.3, 0.4) is 0 Å². The highest BCUT2D eigenvalue weighted by molar-refractivity contribution is 8.00. The van der Waals surface area contributed by atoms with Gasteiger partial charge in [0.2, 0.25) is 15.9 Å². The number of nitriles is 1. The first-order valence-corrected chi connectivity index (χ1v) is 19.8. The van der Waals surface area contributed by atoms with Crippen molar-refractivity contribution in [2.24, 2.45) is 0 Å². The van der Waals surface area contributed by atoms with Crippen LogP contribution in [0.25, 0.3) is 11.3 Å². The molecule has 2 fully saturated rings. The number of thioether (sulfide) groups is 1. The largest absolute Gasteiger partial charge is 0.417 e. The van der Waals surface area contributed by atoms with Gasteiger partial charge in [-0.2, -0.15) is 27.8 Å². The van der Waals surface area contributed by atoms with Crippen LogP contribution in [0.15, 0.2) is 47.4 Å². The molecule has 2 N–H and O–H groups in total. The van der Waals surface area contributed by atoms with Crippen molar-refractivity contribution in [1.29, 1.82) is 5.26 Å². The van der Waals surface area contributed by atoms with Gasteiger partial charge in [0.05, 0.1) is 53.7 Å². The van der Waals surface area contributed by atoms with Crippen LogP contribution >= 0.6 is 11.8 Å². The maximum atomic E-state index is 14.1. The molecule has 0 radical (unpaired) electrons. The third-order valence-electron chi connectivity index (χ3n) is 9.95. The highest BCUT2D eigenvalue weighted by Gasteiger charge is 2.36. The first-order valence-electron chi connectivity index (χ1n) is 16.9. The Kier molecular flexibility index (Phi) is 11.2. The summed E-state index contributed by atoms with van der Waals surface area (Å²) in [4.78, 5) is 16.2. The lowest BCUT2D eigenvalue weighted by molar-refractivity contribution is -0.139. The number of aliphatic hydroxyl groups excluding tert-OH is 2. The summed E-state index contributed by atoms with van der Waals surface area (Å²) in [5.74, 6) is -0.250. The second-order valence-corrected chi connectivity index (χ2v) is 16.5. The van der Waals surface area contributed by atoms with Crippen molar-refractivity contribution in [3.8, 4) is 17.3 Å². The number of carbonyl (C=O) groups excluding carboxylic acids is 1. The molecule has 1 aromatic heterocycles. The van der Waals surface area contributed by atoms with Crippen molar-refractivity contribution in [2.75, 3.05) is 51.3 Å². The van der Waals surface area contributed by atoms with Gasteiger partial charge in [-0.3, -0.25) is 9.48 Å². The van der Waals surface area contributed by atoms with E-state index in [4.69, 9.17) is 10.4 Å². The van der Waals surface area contributed by atoms with E-state index in [9.17, 15) is 36.6 Å². The normalized spacial score (nSPS) is 19.9. The van der Waals surface area contributed by atoms with Crippen molar-refractivity contribution < 1.29 is 36.6 Å². The average Bonchev–Trinajstić information content (AvgIpc) is 3.69. The zero-order valence-corrected chi connectivity index (χ0v) is 29.9. The van der Waals surface area contributed by atoms with Gasteiger partial charge in [-0.25, -0.2) is 8.42 Å². The molecule has 11 nitrogen and oxygen atoms in total. The minimum Gasteiger partial charge on any atom is -0.391 e. The molecule has 2 atom stereocenters. The van der Waals surface area contributed by atoms with E-state index in [1.807, 2.05) is 24.3 Å². The number of amides is 1. The lowest BCUT2D eigenvalue weighted by Crippen LogP contribution is -2.40. The van der Waals surface area contributed by atoms with Gasteiger partial charge in [0.15, 0.2) is 0 Å². The molecule has 51 heavy (non-hydrogen) atoms. The fraction of sp³-hybridized carbons (Fsp3) is 0.514. The van der Waals surface area contributed by atoms with Gasteiger partial charge in [-0.1, -0.05) is 18.2 Å². The summed E-state index contributed by atoms with van der Waals surface area (Å²) in [6, 6.07) is 13.4. The van der Waals surface area contributed by atoms with Crippen LogP contribution < -0.4 is 0 Å². The van der Waals surface area contributed by atoms with E-state index in [-0.39, 0.29) is 42.7 Å². The van der Waals surface area contributed by atoms with Crippen molar-refractivity contribution in [3.05, 3.63) is 70.4 Å². The molecule has 0 bridgehead atoms. The predicted octanol–water partition coefficient (Wildman–Crippen LogP) is 3.68. The number of likely N-dealkylation sites (tertiary alicyclic amines) is 2. The molecule has 2 aromatic carbocycles. The second kappa shape index (κ2) is 15.3. The Hall–Kier alpha value is -3.46. The van der Waals surface area contributed by atoms with E-state index in [1.165, 1.54) is 26.9 Å². The van der Waals surface area contributed by atoms with Gasteiger partial charge >= 0.3 is 6.18 Å². The van der Waals surface area contributed by atoms with Gasteiger partial charge in [0, 0.05) is 60.9 Å². The number of hydrogen-bond acceptors (Lipinski definition) is 9. The Morgan fingerprint density at radius 2 is 1.80 bits per heavy atom. The van der Waals surface area contributed by atoms with Crippen LogP contribution in [0, 0.1) is 11.3 Å². The third kappa shape index (κ3) is 8.78. The van der Waals surface area contributed by atoms with E-state index in [2.05, 4.69) is 11.0 Å². The number of piperidine rings is 1. The number of carbonyl (C=O) groups is 1. The van der Waals surface area contributed by atoms with E-state index in [0.717, 1.165) is 55.7 Å². The summed E-state index contributed by atoms with van der Waals surface area (Å²) in [5.41, 5.74) is 2.89. The summed E-state index contributed by atoms with van der Waals surface area (Å²) in [6.45, 7) is 2.75. The summed E-state index contributed by atoms with van der Waals surface area (Å²) < 4.78 is 70.4.